The Kier molecular flexibility index (Phi) is 3.54. The molecule has 1 aromatic rings. The summed E-state index contributed by atoms with van der Waals surface area (Å²) < 4.78 is 5.57. The molecule has 0 aliphatic carbocycles. The molecule has 3 unspecified atom stereocenters. The van der Waals surface area contributed by atoms with Gasteiger partial charge in [0.05, 0.1) is 12.1 Å². The molecule has 1 amide bonds. The van der Waals surface area contributed by atoms with Crippen molar-refractivity contribution in [3.8, 4) is 0 Å². The second-order valence-corrected chi connectivity index (χ2v) is 7.39. The first-order chi connectivity index (χ1) is 10.3. The summed E-state index contributed by atoms with van der Waals surface area (Å²) in [5.41, 5.74) is 0.814. The monoisotopic (exact) mass is 303 g/mol. The van der Waals surface area contributed by atoms with Gasteiger partial charge in [-0.1, -0.05) is 6.07 Å². The van der Waals surface area contributed by atoms with Crippen LogP contribution >= 0.6 is 0 Å². The smallest absolute Gasteiger partial charge is 0.410 e. The number of pyridine rings is 1. The molecule has 0 spiro atoms. The molecule has 22 heavy (non-hydrogen) atoms. The molecular weight excluding hydrogens is 278 g/mol. The fraction of sp³-hybridized carbons (Fsp3) is 0.647. The van der Waals surface area contributed by atoms with Gasteiger partial charge in [0.15, 0.2) is 0 Å². The minimum absolute atomic E-state index is 0.111. The Hall–Kier alpha value is -1.78. The van der Waals surface area contributed by atoms with Crippen LogP contribution in [0.2, 0.25) is 0 Å². The van der Waals surface area contributed by atoms with E-state index in [0.29, 0.717) is 6.54 Å². The van der Waals surface area contributed by atoms with Crippen LogP contribution in [-0.4, -0.2) is 46.2 Å². The van der Waals surface area contributed by atoms with E-state index in [9.17, 15) is 4.79 Å². The molecule has 0 aromatic carbocycles. The molecule has 3 atom stereocenters. The number of hydrogen-bond donors (Lipinski definition) is 0. The Balaban J connectivity index is 1.83. The number of fused-ring (bicyclic) bond motifs is 3. The van der Waals surface area contributed by atoms with Gasteiger partial charge < -0.3 is 14.5 Å². The first-order valence-electron chi connectivity index (χ1n) is 8.00. The first kappa shape index (κ1) is 15.1. The molecule has 2 aliphatic rings. The predicted molar refractivity (Wildman–Crippen MR) is 86.1 cm³/mol. The van der Waals surface area contributed by atoms with E-state index in [-0.39, 0.29) is 24.2 Å². The fourth-order valence-electron chi connectivity index (χ4n) is 3.55. The first-order valence-corrected chi connectivity index (χ1v) is 8.00. The van der Waals surface area contributed by atoms with Crippen LogP contribution < -0.4 is 4.90 Å². The number of piperazine rings is 1. The summed E-state index contributed by atoms with van der Waals surface area (Å²) in [4.78, 5) is 21.3. The van der Waals surface area contributed by atoms with Gasteiger partial charge in [-0.25, -0.2) is 9.78 Å². The highest BCUT2D eigenvalue weighted by Gasteiger charge is 2.45. The van der Waals surface area contributed by atoms with Crippen molar-refractivity contribution in [1.82, 2.24) is 9.88 Å². The lowest BCUT2D eigenvalue weighted by Gasteiger charge is -2.47. The van der Waals surface area contributed by atoms with Crippen LogP contribution in [-0.2, 0) is 11.2 Å². The van der Waals surface area contributed by atoms with Crippen LogP contribution in [0.3, 0.4) is 0 Å². The molecule has 5 nitrogen and oxygen atoms in total. The Morgan fingerprint density at radius 2 is 2.09 bits per heavy atom. The van der Waals surface area contributed by atoms with E-state index < -0.39 is 5.60 Å². The number of aromatic nitrogens is 1. The van der Waals surface area contributed by atoms with Gasteiger partial charge in [0.2, 0.25) is 0 Å². The zero-order valence-electron chi connectivity index (χ0n) is 14.0. The summed E-state index contributed by atoms with van der Waals surface area (Å²) in [6.07, 6.45) is 2.57. The molecule has 5 heteroatoms. The number of hydrogen-bond acceptors (Lipinski definition) is 4. The Morgan fingerprint density at radius 1 is 1.36 bits per heavy atom. The number of carbonyl (C=O) groups excluding carboxylic acids is 1. The normalized spacial score (nSPS) is 27.4. The highest BCUT2D eigenvalue weighted by molar-refractivity contribution is 5.70. The molecule has 120 valence electrons. The molecule has 3 rings (SSSR count). The van der Waals surface area contributed by atoms with Crippen molar-refractivity contribution in [2.75, 3.05) is 11.4 Å². The predicted octanol–water partition coefficient (Wildman–Crippen LogP) is 2.84. The van der Waals surface area contributed by atoms with E-state index in [0.717, 1.165) is 12.2 Å². The number of rotatable bonds is 0. The number of nitrogens with zero attached hydrogens (tertiary/aromatic N) is 3. The maximum Gasteiger partial charge on any atom is 0.410 e. The second kappa shape index (κ2) is 5.14. The SMILES string of the molecule is CC1C2Cc3cccnc3N2C(C)CN1C(=O)OC(C)(C)C. The molecule has 1 fully saturated rings. The zero-order chi connectivity index (χ0) is 16.1. The summed E-state index contributed by atoms with van der Waals surface area (Å²) in [5, 5.41) is 0. The van der Waals surface area contributed by atoms with Gasteiger partial charge in [0.1, 0.15) is 11.4 Å². The van der Waals surface area contributed by atoms with Gasteiger partial charge in [-0.05, 0) is 52.7 Å². The van der Waals surface area contributed by atoms with E-state index in [1.54, 1.807) is 0 Å². The molecule has 0 radical (unpaired) electrons. The molecule has 0 N–H and O–H groups in total. The third kappa shape index (κ3) is 2.53. The summed E-state index contributed by atoms with van der Waals surface area (Å²) in [6, 6.07) is 4.75. The van der Waals surface area contributed by atoms with Crippen LogP contribution in [0.4, 0.5) is 10.6 Å². The van der Waals surface area contributed by atoms with E-state index in [2.05, 4.69) is 29.8 Å². The van der Waals surface area contributed by atoms with Crippen molar-refractivity contribution >= 4 is 11.9 Å². The van der Waals surface area contributed by atoms with Crippen LogP contribution in [0.5, 0.6) is 0 Å². The van der Waals surface area contributed by atoms with Crippen molar-refractivity contribution in [1.29, 1.82) is 0 Å². The Morgan fingerprint density at radius 3 is 2.77 bits per heavy atom. The number of carbonyl (C=O) groups is 1. The molecule has 0 saturated carbocycles. The minimum atomic E-state index is -0.461. The topological polar surface area (TPSA) is 45.7 Å². The van der Waals surface area contributed by atoms with Crippen LogP contribution in [0.15, 0.2) is 18.3 Å². The van der Waals surface area contributed by atoms with Crippen molar-refractivity contribution in [3.63, 3.8) is 0 Å². The average molecular weight is 303 g/mol. The lowest BCUT2D eigenvalue weighted by atomic mass is 9.99. The summed E-state index contributed by atoms with van der Waals surface area (Å²) >= 11 is 0. The van der Waals surface area contributed by atoms with Gasteiger partial charge >= 0.3 is 6.09 Å². The van der Waals surface area contributed by atoms with Crippen LogP contribution in [0, 0.1) is 0 Å². The standard InChI is InChI=1S/C17H25N3O2/c1-11-10-19(16(21)22-17(3,4)5)12(2)14-9-13-7-6-8-18-15(13)20(11)14/h6-8,11-12,14H,9-10H2,1-5H3. The van der Waals surface area contributed by atoms with Gasteiger partial charge in [0, 0.05) is 18.8 Å². The highest BCUT2D eigenvalue weighted by atomic mass is 16.6. The molecule has 3 heterocycles. The van der Waals surface area contributed by atoms with Crippen LogP contribution in [0.1, 0.15) is 40.2 Å². The Bertz CT molecular complexity index is 582. The third-order valence-corrected chi connectivity index (χ3v) is 4.51. The number of amides is 1. The van der Waals surface area contributed by atoms with E-state index in [1.807, 2.05) is 37.9 Å². The van der Waals surface area contributed by atoms with E-state index >= 15 is 0 Å². The quantitative estimate of drug-likeness (QED) is 0.739. The highest BCUT2D eigenvalue weighted by Crippen LogP contribution is 2.37. The van der Waals surface area contributed by atoms with Crippen molar-refractivity contribution in [3.05, 3.63) is 23.9 Å². The number of anilines is 1. The largest absolute Gasteiger partial charge is 0.444 e. The molecular formula is C17H25N3O2. The summed E-state index contributed by atoms with van der Waals surface area (Å²) in [6.45, 7) is 10.7. The maximum absolute atomic E-state index is 12.5. The van der Waals surface area contributed by atoms with Gasteiger partial charge in [0.25, 0.3) is 0 Å². The zero-order valence-corrected chi connectivity index (χ0v) is 14.0. The van der Waals surface area contributed by atoms with Crippen molar-refractivity contribution < 1.29 is 9.53 Å². The maximum atomic E-state index is 12.5. The van der Waals surface area contributed by atoms with Gasteiger partial charge in [-0.3, -0.25) is 0 Å². The molecule has 2 aliphatic heterocycles. The Labute approximate surface area is 132 Å². The average Bonchev–Trinajstić information content (AvgIpc) is 2.81. The van der Waals surface area contributed by atoms with E-state index in [4.69, 9.17) is 4.74 Å². The lowest BCUT2D eigenvalue weighted by Crippen LogP contribution is -2.63. The number of ether oxygens (including phenoxy) is 1. The van der Waals surface area contributed by atoms with E-state index in [1.165, 1.54) is 5.56 Å². The van der Waals surface area contributed by atoms with Gasteiger partial charge in [-0.2, -0.15) is 0 Å². The summed E-state index contributed by atoms with van der Waals surface area (Å²) in [5.74, 6) is 1.08. The summed E-state index contributed by atoms with van der Waals surface area (Å²) in [7, 11) is 0. The van der Waals surface area contributed by atoms with Crippen molar-refractivity contribution in [2.24, 2.45) is 0 Å². The molecule has 0 bridgehead atoms. The molecule has 1 aromatic heterocycles. The second-order valence-electron chi connectivity index (χ2n) is 7.39. The fourth-order valence-corrected chi connectivity index (χ4v) is 3.55. The van der Waals surface area contributed by atoms with Gasteiger partial charge in [-0.15, -0.1) is 0 Å². The molecule has 1 saturated heterocycles. The van der Waals surface area contributed by atoms with Crippen molar-refractivity contribution in [2.45, 2.75) is 64.8 Å². The minimum Gasteiger partial charge on any atom is -0.444 e. The lowest BCUT2D eigenvalue weighted by molar-refractivity contribution is 0.00824. The third-order valence-electron chi connectivity index (χ3n) is 4.51. The van der Waals surface area contributed by atoms with Crippen LogP contribution in [0.25, 0.3) is 0 Å².